The molecule has 2 aromatic carbocycles. The minimum atomic E-state index is -0.139. The van der Waals surface area contributed by atoms with Crippen LogP contribution in [0.25, 0.3) is 33.0 Å². The van der Waals surface area contributed by atoms with Crippen LogP contribution in [0.3, 0.4) is 0 Å². The van der Waals surface area contributed by atoms with Crippen molar-refractivity contribution in [3.8, 4) is 16.9 Å². The summed E-state index contributed by atoms with van der Waals surface area (Å²) >= 11 is 0. The molecule has 1 N–H and O–H groups in total. The molecule has 0 fully saturated rings. The van der Waals surface area contributed by atoms with Gasteiger partial charge in [-0.05, 0) is 18.2 Å². The molecule has 0 aliphatic carbocycles. The van der Waals surface area contributed by atoms with Crippen LogP contribution in [0, 0.1) is 0 Å². The Balaban J connectivity index is 2.07. The maximum atomic E-state index is 12.7. The zero-order valence-corrected chi connectivity index (χ0v) is 11.5. The Morgan fingerprint density at radius 2 is 1.86 bits per heavy atom. The monoisotopic (exact) mass is 289 g/mol. The lowest BCUT2D eigenvalue weighted by atomic mass is 10.0. The highest BCUT2D eigenvalue weighted by Gasteiger charge is 2.12. The maximum absolute atomic E-state index is 12.7. The first-order valence-electron chi connectivity index (χ1n) is 6.83. The Bertz CT molecular complexity index is 1060. The molecule has 22 heavy (non-hydrogen) atoms. The minimum Gasteiger partial charge on any atom is -0.508 e. The molecule has 0 aliphatic heterocycles. The van der Waals surface area contributed by atoms with Crippen molar-refractivity contribution < 1.29 is 9.52 Å². The van der Waals surface area contributed by atoms with Gasteiger partial charge >= 0.3 is 0 Å². The fourth-order valence-corrected chi connectivity index (χ4v) is 2.62. The van der Waals surface area contributed by atoms with Gasteiger partial charge in [-0.15, -0.1) is 0 Å². The van der Waals surface area contributed by atoms with Crippen molar-refractivity contribution in [1.82, 2.24) is 4.98 Å². The lowest BCUT2D eigenvalue weighted by Gasteiger charge is -2.06. The van der Waals surface area contributed by atoms with Gasteiger partial charge < -0.3 is 9.52 Å². The van der Waals surface area contributed by atoms with Gasteiger partial charge in [0.25, 0.3) is 0 Å². The fraction of sp³-hybridized carbons (Fsp3) is 0. The van der Waals surface area contributed by atoms with Gasteiger partial charge in [0.15, 0.2) is 0 Å². The van der Waals surface area contributed by atoms with Crippen molar-refractivity contribution in [2.75, 3.05) is 0 Å². The Morgan fingerprint density at radius 3 is 2.77 bits per heavy atom. The predicted octanol–water partition coefficient (Wildman–Crippen LogP) is 3.71. The van der Waals surface area contributed by atoms with E-state index in [4.69, 9.17) is 4.42 Å². The Morgan fingerprint density at radius 1 is 1.00 bits per heavy atom. The number of hydrogen-bond acceptors (Lipinski definition) is 4. The van der Waals surface area contributed by atoms with E-state index in [2.05, 4.69) is 4.98 Å². The second-order valence-corrected chi connectivity index (χ2v) is 5.04. The molecule has 0 unspecified atom stereocenters. The Labute approximate surface area is 125 Å². The number of benzene rings is 2. The second kappa shape index (κ2) is 4.70. The highest BCUT2D eigenvalue weighted by atomic mass is 16.3. The van der Waals surface area contributed by atoms with E-state index >= 15 is 0 Å². The molecule has 106 valence electrons. The van der Waals surface area contributed by atoms with Gasteiger partial charge in [0.05, 0.1) is 16.5 Å². The lowest BCUT2D eigenvalue weighted by molar-refractivity contribution is 0.474. The van der Waals surface area contributed by atoms with Crippen molar-refractivity contribution in [2.24, 2.45) is 0 Å². The van der Waals surface area contributed by atoms with E-state index in [1.165, 1.54) is 18.4 Å². The number of pyridine rings is 1. The summed E-state index contributed by atoms with van der Waals surface area (Å²) in [6, 6.07) is 14.0. The zero-order valence-electron chi connectivity index (χ0n) is 11.5. The van der Waals surface area contributed by atoms with E-state index in [1.807, 2.05) is 30.3 Å². The van der Waals surface area contributed by atoms with Crippen LogP contribution >= 0.6 is 0 Å². The number of nitrogens with zero attached hydrogens (tertiary/aromatic N) is 1. The first-order chi connectivity index (χ1) is 10.7. The molecule has 4 heteroatoms. The molecule has 0 saturated heterocycles. The number of phenols is 1. The summed E-state index contributed by atoms with van der Waals surface area (Å²) in [5.74, 6) is 0.0650. The van der Waals surface area contributed by atoms with E-state index < -0.39 is 0 Å². The van der Waals surface area contributed by atoms with Crippen LogP contribution in [0.1, 0.15) is 0 Å². The van der Waals surface area contributed by atoms with Crippen LogP contribution in [-0.4, -0.2) is 10.1 Å². The molecule has 0 saturated carbocycles. The molecule has 0 spiro atoms. The van der Waals surface area contributed by atoms with Crippen molar-refractivity contribution in [2.45, 2.75) is 0 Å². The van der Waals surface area contributed by atoms with Crippen LogP contribution < -0.4 is 5.43 Å². The lowest BCUT2D eigenvalue weighted by Crippen LogP contribution is -2.05. The summed E-state index contributed by atoms with van der Waals surface area (Å²) in [5.41, 5.74) is 2.18. The third kappa shape index (κ3) is 1.85. The summed E-state index contributed by atoms with van der Waals surface area (Å²) in [6.45, 7) is 0. The SMILES string of the molecule is O=c1c(-c2cccc3cccnc23)coc2cc(O)ccc12. The summed E-state index contributed by atoms with van der Waals surface area (Å²) in [4.78, 5) is 17.1. The van der Waals surface area contributed by atoms with Crippen molar-refractivity contribution in [3.05, 3.63) is 71.2 Å². The molecule has 4 rings (SSSR count). The number of aromatic hydroxyl groups is 1. The highest BCUT2D eigenvalue weighted by Crippen LogP contribution is 2.27. The van der Waals surface area contributed by atoms with Gasteiger partial charge in [-0.3, -0.25) is 9.78 Å². The number of fused-ring (bicyclic) bond motifs is 2. The first-order valence-corrected chi connectivity index (χ1v) is 6.83. The zero-order chi connectivity index (χ0) is 15.1. The van der Waals surface area contributed by atoms with Crippen molar-refractivity contribution in [1.29, 1.82) is 0 Å². The molecule has 0 atom stereocenters. The van der Waals surface area contributed by atoms with E-state index in [9.17, 15) is 9.90 Å². The quantitative estimate of drug-likeness (QED) is 0.580. The van der Waals surface area contributed by atoms with Gasteiger partial charge in [-0.2, -0.15) is 0 Å². The van der Waals surface area contributed by atoms with Crippen LogP contribution in [-0.2, 0) is 0 Å². The molecule has 2 heterocycles. The average Bonchev–Trinajstić information content (AvgIpc) is 2.55. The molecular weight excluding hydrogens is 278 g/mol. The van der Waals surface area contributed by atoms with Crippen molar-refractivity contribution >= 4 is 21.9 Å². The Kier molecular flexibility index (Phi) is 2.69. The van der Waals surface area contributed by atoms with E-state index in [-0.39, 0.29) is 11.2 Å². The molecule has 0 radical (unpaired) electrons. The molecule has 4 aromatic rings. The highest BCUT2D eigenvalue weighted by molar-refractivity contribution is 5.95. The van der Waals surface area contributed by atoms with Crippen LogP contribution in [0.4, 0.5) is 0 Å². The summed E-state index contributed by atoms with van der Waals surface area (Å²) < 4.78 is 5.52. The van der Waals surface area contributed by atoms with E-state index in [0.717, 1.165) is 16.5 Å². The minimum absolute atomic E-state index is 0.0650. The molecule has 0 aliphatic rings. The first kappa shape index (κ1) is 12.6. The smallest absolute Gasteiger partial charge is 0.200 e. The molecule has 4 nitrogen and oxygen atoms in total. The number of aromatic nitrogens is 1. The molecule has 0 amide bonds. The fourth-order valence-electron chi connectivity index (χ4n) is 2.62. The molecular formula is C18H11NO3. The third-order valence-electron chi connectivity index (χ3n) is 3.68. The van der Waals surface area contributed by atoms with Gasteiger partial charge in [0.1, 0.15) is 17.6 Å². The second-order valence-electron chi connectivity index (χ2n) is 5.04. The predicted molar refractivity (Wildman–Crippen MR) is 84.9 cm³/mol. The van der Waals surface area contributed by atoms with Crippen LogP contribution in [0.5, 0.6) is 5.75 Å². The van der Waals surface area contributed by atoms with Gasteiger partial charge in [-0.1, -0.05) is 24.3 Å². The normalized spacial score (nSPS) is 11.1. The number of rotatable bonds is 1. The molecule has 0 bridgehead atoms. The summed E-state index contributed by atoms with van der Waals surface area (Å²) in [6.07, 6.45) is 3.13. The summed E-state index contributed by atoms with van der Waals surface area (Å²) in [7, 11) is 0. The average molecular weight is 289 g/mol. The summed E-state index contributed by atoms with van der Waals surface area (Å²) in [5, 5.41) is 10.9. The van der Waals surface area contributed by atoms with E-state index in [0.29, 0.717) is 16.5 Å². The number of hydrogen-bond donors (Lipinski definition) is 1. The topological polar surface area (TPSA) is 63.3 Å². The third-order valence-corrected chi connectivity index (χ3v) is 3.68. The Hall–Kier alpha value is -3.14. The van der Waals surface area contributed by atoms with Crippen LogP contribution in [0.2, 0.25) is 0 Å². The van der Waals surface area contributed by atoms with Crippen molar-refractivity contribution in [3.63, 3.8) is 0 Å². The van der Waals surface area contributed by atoms with Gasteiger partial charge in [0, 0.05) is 23.2 Å². The molecule has 2 aromatic heterocycles. The number of phenolic OH excluding ortho intramolecular Hbond substituents is 1. The van der Waals surface area contributed by atoms with Crippen LogP contribution in [0.15, 0.2) is 70.2 Å². The maximum Gasteiger partial charge on any atom is 0.200 e. The van der Waals surface area contributed by atoms with E-state index in [1.54, 1.807) is 12.3 Å². The van der Waals surface area contributed by atoms with Gasteiger partial charge in [0.2, 0.25) is 5.43 Å². The number of para-hydroxylation sites is 1. The van der Waals surface area contributed by atoms with Gasteiger partial charge in [-0.25, -0.2) is 0 Å². The largest absolute Gasteiger partial charge is 0.508 e. The standard InChI is InChI=1S/C18H11NO3/c20-12-6-7-14-16(9-12)22-10-15(18(14)21)13-5-1-3-11-4-2-8-19-17(11)13/h1-10,20H.